The second-order valence-electron chi connectivity index (χ2n) is 8.63. The van der Waals surface area contributed by atoms with Gasteiger partial charge in [-0.2, -0.15) is 0 Å². The standard InChI is InChI=1S/C27H28FN5S/c28-23-5-1-4-21(18-23)20-33-13-3-12-32(15-16-33)14-9-24-19-25(26-6-2-17-34-26)31-27(30-24)22-7-10-29-11-8-22/h1-2,4-8,10-11,17-19H,3,9,12-16,20H2. The molecule has 0 spiro atoms. The Labute approximate surface area is 204 Å². The number of hydrogen-bond acceptors (Lipinski definition) is 6. The van der Waals surface area contributed by atoms with Crippen molar-refractivity contribution in [3.63, 3.8) is 0 Å². The molecule has 1 fully saturated rings. The summed E-state index contributed by atoms with van der Waals surface area (Å²) in [6.07, 6.45) is 5.55. The number of pyridine rings is 1. The van der Waals surface area contributed by atoms with E-state index in [1.807, 2.05) is 18.2 Å². The van der Waals surface area contributed by atoms with Crippen molar-refractivity contribution in [1.82, 2.24) is 24.8 Å². The first-order valence-electron chi connectivity index (χ1n) is 11.7. The fourth-order valence-corrected chi connectivity index (χ4v) is 5.06. The van der Waals surface area contributed by atoms with Gasteiger partial charge in [-0.1, -0.05) is 18.2 Å². The largest absolute Gasteiger partial charge is 0.302 e. The van der Waals surface area contributed by atoms with Gasteiger partial charge in [0.15, 0.2) is 5.82 Å². The molecule has 1 saturated heterocycles. The molecule has 0 N–H and O–H groups in total. The molecule has 1 aliphatic heterocycles. The van der Waals surface area contributed by atoms with E-state index in [0.29, 0.717) is 0 Å². The zero-order valence-corrected chi connectivity index (χ0v) is 19.9. The smallest absolute Gasteiger partial charge is 0.160 e. The quantitative estimate of drug-likeness (QED) is 0.371. The molecule has 0 radical (unpaired) electrons. The van der Waals surface area contributed by atoms with Crippen molar-refractivity contribution in [3.8, 4) is 22.0 Å². The predicted octanol–water partition coefficient (Wildman–Crippen LogP) is 5.16. The van der Waals surface area contributed by atoms with Crippen LogP contribution in [0.1, 0.15) is 17.7 Å². The summed E-state index contributed by atoms with van der Waals surface area (Å²) >= 11 is 1.70. The summed E-state index contributed by atoms with van der Waals surface area (Å²) in [5, 5.41) is 2.08. The maximum absolute atomic E-state index is 13.5. The van der Waals surface area contributed by atoms with Crippen LogP contribution in [0, 0.1) is 5.82 Å². The number of aromatic nitrogens is 3. The van der Waals surface area contributed by atoms with Gasteiger partial charge < -0.3 is 4.90 Å². The topological polar surface area (TPSA) is 45.2 Å². The van der Waals surface area contributed by atoms with E-state index in [9.17, 15) is 4.39 Å². The first-order valence-corrected chi connectivity index (χ1v) is 12.6. The van der Waals surface area contributed by atoms with Gasteiger partial charge in [0.25, 0.3) is 0 Å². The Morgan fingerprint density at radius 2 is 1.74 bits per heavy atom. The molecule has 7 heteroatoms. The van der Waals surface area contributed by atoms with E-state index in [0.717, 1.165) is 85.3 Å². The summed E-state index contributed by atoms with van der Waals surface area (Å²) in [5.41, 5.74) is 4.06. The highest BCUT2D eigenvalue weighted by Gasteiger charge is 2.16. The van der Waals surface area contributed by atoms with Crippen LogP contribution in [0.2, 0.25) is 0 Å². The second kappa shape index (κ2) is 11.0. The fraction of sp³-hybridized carbons (Fsp3) is 0.296. The number of benzene rings is 1. The highest BCUT2D eigenvalue weighted by Crippen LogP contribution is 2.26. The average molecular weight is 474 g/mol. The van der Waals surface area contributed by atoms with Crippen molar-refractivity contribution >= 4 is 11.3 Å². The highest BCUT2D eigenvalue weighted by molar-refractivity contribution is 7.13. The average Bonchev–Trinajstić information content (AvgIpc) is 3.32. The lowest BCUT2D eigenvalue weighted by Crippen LogP contribution is -2.32. The number of rotatable bonds is 7. The number of hydrogen-bond donors (Lipinski definition) is 0. The van der Waals surface area contributed by atoms with Crippen LogP contribution in [0.15, 0.2) is 72.4 Å². The summed E-state index contributed by atoms with van der Waals surface area (Å²) < 4.78 is 13.5. The van der Waals surface area contributed by atoms with Crippen LogP contribution in [0.4, 0.5) is 4.39 Å². The molecular formula is C27H28FN5S. The summed E-state index contributed by atoms with van der Waals surface area (Å²) in [6, 6.07) is 17.2. The van der Waals surface area contributed by atoms with Gasteiger partial charge in [0.1, 0.15) is 5.82 Å². The summed E-state index contributed by atoms with van der Waals surface area (Å²) in [7, 11) is 0. The van der Waals surface area contributed by atoms with E-state index in [2.05, 4.69) is 38.4 Å². The van der Waals surface area contributed by atoms with Gasteiger partial charge in [-0.05, 0) is 66.9 Å². The Morgan fingerprint density at radius 3 is 2.56 bits per heavy atom. The SMILES string of the molecule is Fc1cccc(CN2CCCN(CCc3cc(-c4cccs4)nc(-c4ccncc4)n3)CC2)c1. The fourth-order valence-electron chi connectivity index (χ4n) is 4.38. The van der Waals surface area contributed by atoms with E-state index in [4.69, 9.17) is 9.97 Å². The zero-order valence-electron chi connectivity index (χ0n) is 19.1. The maximum Gasteiger partial charge on any atom is 0.160 e. The van der Waals surface area contributed by atoms with E-state index >= 15 is 0 Å². The number of nitrogens with zero attached hydrogens (tertiary/aromatic N) is 5. The van der Waals surface area contributed by atoms with Crippen LogP contribution in [-0.2, 0) is 13.0 Å². The molecule has 34 heavy (non-hydrogen) atoms. The second-order valence-corrected chi connectivity index (χ2v) is 9.58. The van der Waals surface area contributed by atoms with Crippen LogP contribution in [0.25, 0.3) is 22.0 Å². The van der Waals surface area contributed by atoms with Crippen molar-refractivity contribution in [2.75, 3.05) is 32.7 Å². The molecule has 0 amide bonds. The van der Waals surface area contributed by atoms with Gasteiger partial charge in [-0.3, -0.25) is 9.88 Å². The predicted molar refractivity (Wildman–Crippen MR) is 135 cm³/mol. The molecule has 0 bridgehead atoms. The number of thiophene rings is 1. The maximum atomic E-state index is 13.5. The van der Waals surface area contributed by atoms with Gasteiger partial charge >= 0.3 is 0 Å². The lowest BCUT2D eigenvalue weighted by Gasteiger charge is -2.22. The summed E-state index contributed by atoms with van der Waals surface area (Å²) in [6.45, 7) is 5.87. The van der Waals surface area contributed by atoms with Crippen molar-refractivity contribution in [1.29, 1.82) is 0 Å². The Morgan fingerprint density at radius 1 is 0.882 bits per heavy atom. The first kappa shape index (κ1) is 22.8. The third kappa shape index (κ3) is 5.91. The lowest BCUT2D eigenvalue weighted by atomic mass is 10.2. The summed E-state index contributed by atoms with van der Waals surface area (Å²) in [5.74, 6) is 0.590. The zero-order chi connectivity index (χ0) is 23.2. The Bertz CT molecular complexity index is 1200. The van der Waals surface area contributed by atoms with Crippen LogP contribution >= 0.6 is 11.3 Å². The van der Waals surface area contributed by atoms with Gasteiger partial charge in [-0.15, -0.1) is 11.3 Å². The minimum Gasteiger partial charge on any atom is -0.302 e. The molecule has 0 aliphatic carbocycles. The first-order chi connectivity index (χ1) is 16.7. The highest BCUT2D eigenvalue weighted by atomic mass is 32.1. The molecule has 174 valence electrons. The van der Waals surface area contributed by atoms with Crippen LogP contribution < -0.4 is 0 Å². The molecule has 1 aliphatic rings. The molecule has 0 atom stereocenters. The molecule has 5 rings (SSSR count). The Kier molecular flexibility index (Phi) is 7.34. The molecule has 3 aromatic heterocycles. The van der Waals surface area contributed by atoms with Crippen LogP contribution in [-0.4, -0.2) is 57.5 Å². The van der Waals surface area contributed by atoms with Crippen molar-refractivity contribution in [3.05, 3.63) is 89.4 Å². The van der Waals surface area contributed by atoms with Gasteiger partial charge in [0, 0.05) is 56.3 Å². The van der Waals surface area contributed by atoms with Crippen molar-refractivity contribution < 1.29 is 4.39 Å². The Balaban J connectivity index is 1.25. The van der Waals surface area contributed by atoms with Crippen molar-refractivity contribution in [2.45, 2.75) is 19.4 Å². The third-order valence-electron chi connectivity index (χ3n) is 6.15. The molecule has 0 unspecified atom stereocenters. The van der Waals surface area contributed by atoms with Gasteiger partial charge in [0.2, 0.25) is 0 Å². The van der Waals surface area contributed by atoms with Crippen molar-refractivity contribution in [2.24, 2.45) is 0 Å². The van der Waals surface area contributed by atoms with E-state index < -0.39 is 0 Å². The minimum atomic E-state index is -0.160. The Hall–Kier alpha value is -3.00. The normalized spacial score (nSPS) is 15.3. The molecule has 4 heterocycles. The molecule has 1 aromatic carbocycles. The monoisotopic (exact) mass is 473 g/mol. The third-order valence-corrected chi connectivity index (χ3v) is 7.04. The molecule has 4 aromatic rings. The molecule has 0 saturated carbocycles. The van der Waals surface area contributed by atoms with E-state index in [1.54, 1.807) is 35.9 Å². The van der Waals surface area contributed by atoms with E-state index in [1.165, 1.54) is 6.07 Å². The summed E-state index contributed by atoms with van der Waals surface area (Å²) in [4.78, 5) is 20.0. The van der Waals surface area contributed by atoms with E-state index in [-0.39, 0.29) is 5.82 Å². The minimum absolute atomic E-state index is 0.160. The lowest BCUT2D eigenvalue weighted by molar-refractivity contribution is 0.252. The molecule has 5 nitrogen and oxygen atoms in total. The van der Waals surface area contributed by atoms with Gasteiger partial charge in [-0.25, -0.2) is 14.4 Å². The number of halogens is 1. The van der Waals surface area contributed by atoms with Gasteiger partial charge in [0.05, 0.1) is 10.6 Å². The van der Waals surface area contributed by atoms with Crippen LogP contribution in [0.3, 0.4) is 0 Å². The van der Waals surface area contributed by atoms with Crippen LogP contribution in [0.5, 0.6) is 0 Å². The molecular weight excluding hydrogens is 445 g/mol.